The molecule has 0 aromatic heterocycles. The molecule has 0 bridgehead atoms. The summed E-state index contributed by atoms with van der Waals surface area (Å²) in [5.74, 6) is -1.51. The first-order valence-electron chi connectivity index (χ1n) is 9.90. The van der Waals surface area contributed by atoms with Gasteiger partial charge in [0, 0.05) is 0 Å². The highest BCUT2D eigenvalue weighted by atomic mass is 19.1. The van der Waals surface area contributed by atoms with Gasteiger partial charge in [0.25, 0.3) is 5.91 Å². The Morgan fingerprint density at radius 2 is 1.52 bits per heavy atom. The third kappa shape index (κ3) is 5.92. The lowest BCUT2D eigenvalue weighted by atomic mass is 9.98. The van der Waals surface area contributed by atoms with Crippen LogP contribution >= 0.6 is 0 Å². The third-order valence-corrected chi connectivity index (χ3v) is 4.79. The van der Waals surface area contributed by atoms with Gasteiger partial charge in [-0.25, -0.2) is 4.39 Å². The molecule has 5 nitrogen and oxygen atoms in total. The van der Waals surface area contributed by atoms with E-state index < -0.39 is 23.8 Å². The van der Waals surface area contributed by atoms with Gasteiger partial charge in [-0.05, 0) is 35.7 Å². The Morgan fingerprint density at radius 3 is 2.03 bits per heavy atom. The smallest absolute Gasteiger partial charge is 0.311 e. The quantitative estimate of drug-likeness (QED) is 0.554. The molecule has 0 heterocycles. The van der Waals surface area contributed by atoms with Crippen molar-refractivity contribution in [2.75, 3.05) is 7.11 Å². The Bertz CT molecular complexity index is 985. The number of carbonyl (C=O) groups excluding carboxylic acids is 2. The van der Waals surface area contributed by atoms with Gasteiger partial charge >= 0.3 is 5.97 Å². The van der Waals surface area contributed by atoms with Crippen molar-refractivity contribution in [1.82, 2.24) is 5.32 Å². The average molecular weight is 421 g/mol. The standard InChI is InChI=1S/C25H24FNO4/c1-17(31-23(28)16-18-13-14-22(30-2)21(26)15-18)25(29)27-24(19-9-5-3-6-10-19)20-11-7-4-8-12-20/h3-15,17,24H,16H2,1-2H3,(H,27,29)/t17-/m1/s1. The third-order valence-electron chi connectivity index (χ3n) is 4.79. The van der Waals surface area contributed by atoms with Crippen LogP contribution in [0.4, 0.5) is 4.39 Å². The van der Waals surface area contributed by atoms with Gasteiger partial charge in [0.2, 0.25) is 0 Å². The molecular weight excluding hydrogens is 397 g/mol. The van der Waals surface area contributed by atoms with Gasteiger partial charge in [-0.1, -0.05) is 66.7 Å². The van der Waals surface area contributed by atoms with Crippen LogP contribution in [0.1, 0.15) is 29.7 Å². The van der Waals surface area contributed by atoms with Crippen LogP contribution in [0.25, 0.3) is 0 Å². The van der Waals surface area contributed by atoms with Gasteiger partial charge in [-0.15, -0.1) is 0 Å². The lowest BCUT2D eigenvalue weighted by molar-refractivity contribution is -0.154. The molecule has 0 aliphatic carbocycles. The first-order chi connectivity index (χ1) is 15.0. The van der Waals surface area contributed by atoms with Crippen molar-refractivity contribution in [3.8, 4) is 5.75 Å². The molecule has 31 heavy (non-hydrogen) atoms. The maximum atomic E-state index is 13.8. The maximum absolute atomic E-state index is 13.8. The van der Waals surface area contributed by atoms with Crippen molar-refractivity contribution < 1.29 is 23.5 Å². The summed E-state index contributed by atoms with van der Waals surface area (Å²) in [6.07, 6.45) is -1.16. The lowest BCUT2D eigenvalue weighted by Crippen LogP contribution is -2.38. The van der Waals surface area contributed by atoms with E-state index in [0.717, 1.165) is 11.1 Å². The first-order valence-corrected chi connectivity index (χ1v) is 9.90. The largest absolute Gasteiger partial charge is 0.494 e. The van der Waals surface area contributed by atoms with Crippen LogP contribution in [-0.2, 0) is 20.7 Å². The van der Waals surface area contributed by atoms with Gasteiger partial charge in [0.05, 0.1) is 19.6 Å². The van der Waals surface area contributed by atoms with Crippen LogP contribution in [0.15, 0.2) is 78.9 Å². The van der Waals surface area contributed by atoms with Crippen molar-refractivity contribution in [3.05, 3.63) is 101 Å². The highest BCUT2D eigenvalue weighted by Gasteiger charge is 2.23. The zero-order valence-corrected chi connectivity index (χ0v) is 17.4. The predicted octanol–water partition coefficient (Wildman–Crippen LogP) is 4.21. The van der Waals surface area contributed by atoms with Crippen molar-refractivity contribution in [1.29, 1.82) is 0 Å². The van der Waals surface area contributed by atoms with Crippen molar-refractivity contribution >= 4 is 11.9 Å². The number of rotatable bonds is 8. The number of methoxy groups -OCH3 is 1. The molecule has 1 amide bonds. The van der Waals surface area contributed by atoms with E-state index in [0.29, 0.717) is 5.56 Å². The molecule has 0 fully saturated rings. The molecule has 0 saturated heterocycles. The highest BCUT2D eigenvalue weighted by Crippen LogP contribution is 2.22. The Balaban J connectivity index is 1.65. The highest BCUT2D eigenvalue weighted by molar-refractivity contribution is 5.84. The number of amides is 1. The van der Waals surface area contributed by atoms with E-state index in [1.54, 1.807) is 6.07 Å². The summed E-state index contributed by atoms with van der Waals surface area (Å²) in [5.41, 5.74) is 2.26. The summed E-state index contributed by atoms with van der Waals surface area (Å²) in [6, 6.07) is 22.9. The number of halogens is 1. The lowest BCUT2D eigenvalue weighted by Gasteiger charge is -2.22. The van der Waals surface area contributed by atoms with Crippen molar-refractivity contribution in [3.63, 3.8) is 0 Å². The maximum Gasteiger partial charge on any atom is 0.311 e. The number of ether oxygens (including phenoxy) is 2. The van der Waals surface area contributed by atoms with E-state index in [-0.39, 0.29) is 18.2 Å². The molecule has 1 N–H and O–H groups in total. The number of nitrogens with one attached hydrogen (secondary N) is 1. The Hall–Kier alpha value is -3.67. The minimum Gasteiger partial charge on any atom is -0.494 e. The molecular formula is C25H24FNO4. The normalized spacial score (nSPS) is 11.6. The van der Waals surface area contributed by atoms with E-state index in [2.05, 4.69) is 5.32 Å². The van der Waals surface area contributed by atoms with Gasteiger partial charge in [-0.3, -0.25) is 9.59 Å². The van der Waals surface area contributed by atoms with Gasteiger partial charge in [-0.2, -0.15) is 0 Å². The molecule has 0 unspecified atom stereocenters. The second-order valence-corrected chi connectivity index (χ2v) is 7.04. The molecule has 0 aliphatic heterocycles. The molecule has 3 aromatic carbocycles. The topological polar surface area (TPSA) is 64.6 Å². The van der Waals surface area contributed by atoms with Crippen LogP contribution in [-0.4, -0.2) is 25.1 Å². The Kier molecular flexibility index (Phi) is 7.38. The second kappa shape index (κ2) is 10.4. The molecule has 0 saturated carbocycles. The average Bonchev–Trinajstić information content (AvgIpc) is 2.78. The summed E-state index contributed by atoms with van der Waals surface area (Å²) in [7, 11) is 1.37. The molecule has 0 aliphatic rings. The summed E-state index contributed by atoms with van der Waals surface area (Å²) < 4.78 is 24.0. The fourth-order valence-corrected chi connectivity index (χ4v) is 3.19. The summed E-state index contributed by atoms with van der Waals surface area (Å²) in [4.78, 5) is 25.0. The van der Waals surface area contributed by atoms with E-state index in [1.807, 2.05) is 60.7 Å². The van der Waals surface area contributed by atoms with Crippen LogP contribution in [0.2, 0.25) is 0 Å². The zero-order valence-electron chi connectivity index (χ0n) is 17.4. The van der Waals surface area contributed by atoms with Gasteiger partial charge in [0.1, 0.15) is 0 Å². The Labute approximate surface area is 180 Å². The molecule has 0 radical (unpaired) electrons. The van der Waals surface area contributed by atoms with Crippen molar-refractivity contribution in [2.45, 2.75) is 25.5 Å². The van der Waals surface area contributed by atoms with Crippen molar-refractivity contribution in [2.24, 2.45) is 0 Å². The number of esters is 1. The summed E-state index contributed by atoms with van der Waals surface area (Å²) >= 11 is 0. The van der Waals surface area contributed by atoms with Crippen LogP contribution in [0.5, 0.6) is 5.75 Å². The van der Waals surface area contributed by atoms with E-state index >= 15 is 0 Å². The molecule has 3 rings (SSSR count). The second-order valence-electron chi connectivity index (χ2n) is 7.04. The molecule has 3 aromatic rings. The Morgan fingerprint density at radius 1 is 0.935 bits per heavy atom. The number of hydrogen-bond donors (Lipinski definition) is 1. The van der Waals surface area contributed by atoms with Crippen LogP contribution in [0.3, 0.4) is 0 Å². The molecule has 0 spiro atoms. The van der Waals surface area contributed by atoms with Gasteiger partial charge in [0.15, 0.2) is 17.7 Å². The van der Waals surface area contributed by atoms with E-state index in [9.17, 15) is 14.0 Å². The number of benzene rings is 3. The van der Waals surface area contributed by atoms with E-state index in [1.165, 1.54) is 26.2 Å². The molecule has 1 atom stereocenters. The fraction of sp³-hybridized carbons (Fsp3) is 0.200. The SMILES string of the molecule is COc1ccc(CC(=O)O[C@H](C)C(=O)NC(c2ccccc2)c2ccccc2)cc1F. The van der Waals surface area contributed by atoms with Gasteiger partial charge < -0.3 is 14.8 Å². The number of hydrogen-bond acceptors (Lipinski definition) is 4. The monoisotopic (exact) mass is 421 g/mol. The molecule has 6 heteroatoms. The minimum atomic E-state index is -1.01. The van der Waals surface area contributed by atoms with Crippen LogP contribution in [0, 0.1) is 5.82 Å². The molecule has 160 valence electrons. The minimum absolute atomic E-state index is 0.0951. The summed E-state index contributed by atoms with van der Waals surface area (Å²) in [5, 5.41) is 2.95. The predicted molar refractivity (Wildman–Crippen MR) is 115 cm³/mol. The van der Waals surface area contributed by atoms with E-state index in [4.69, 9.17) is 9.47 Å². The zero-order chi connectivity index (χ0) is 22.2. The fourth-order valence-electron chi connectivity index (χ4n) is 3.19. The number of carbonyl (C=O) groups is 2. The van der Waals surface area contributed by atoms with Crippen LogP contribution < -0.4 is 10.1 Å². The first kappa shape index (κ1) is 22.0. The summed E-state index contributed by atoms with van der Waals surface area (Å²) in [6.45, 7) is 1.51.